The van der Waals surface area contributed by atoms with Crippen molar-refractivity contribution in [1.29, 1.82) is 0 Å². The number of aliphatic hydroxyl groups is 1. The number of carbonyl (C=O) groups is 3. The van der Waals surface area contributed by atoms with E-state index < -0.39 is 23.7 Å². The van der Waals surface area contributed by atoms with Gasteiger partial charge < -0.3 is 23.7 Å². The first-order valence-electron chi connectivity index (χ1n) is 10.4. The molecule has 172 valence electrons. The van der Waals surface area contributed by atoms with E-state index in [4.69, 9.17) is 18.6 Å². The van der Waals surface area contributed by atoms with Crippen molar-refractivity contribution in [2.75, 3.05) is 25.2 Å². The van der Waals surface area contributed by atoms with Crippen molar-refractivity contribution in [3.8, 4) is 11.5 Å². The van der Waals surface area contributed by atoms with Crippen molar-refractivity contribution in [2.24, 2.45) is 0 Å². The molecule has 34 heavy (non-hydrogen) atoms. The SMILES string of the molecule is COC(=O)c1cccc(N2C(=O)C(=O)/C(=C(\O)c3ccc4c(c3)OCCO4)C2c2ccco2)c1. The number of rotatable bonds is 4. The first-order valence-corrected chi connectivity index (χ1v) is 10.4. The van der Waals surface area contributed by atoms with Gasteiger partial charge in [-0.15, -0.1) is 0 Å². The highest BCUT2D eigenvalue weighted by molar-refractivity contribution is 6.51. The maximum atomic E-state index is 13.2. The van der Waals surface area contributed by atoms with Crippen LogP contribution in [0.2, 0.25) is 0 Å². The van der Waals surface area contributed by atoms with E-state index in [1.807, 2.05) is 0 Å². The summed E-state index contributed by atoms with van der Waals surface area (Å²) in [6.07, 6.45) is 1.41. The van der Waals surface area contributed by atoms with Crippen LogP contribution in [0.1, 0.15) is 27.7 Å². The van der Waals surface area contributed by atoms with E-state index >= 15 is 0 Å². The summed E-state index contributed by atoms with van der Waals surface area (Å²) >= 11 is 0. The quantitative estimate of drug-likeness (QED) is 0.272. The lowest BCUT2D eigenvalue weighted by atomic mass is 9.98. The number of benzene rings is 2. The Balaban J connectivity index is 1.66. The fourth-order valence-corrected chi connectivity index (χ4v) is 4.06. The van der Waals surface area contributed by atoms with Crippen LogP contribution in [-0.2, 0) is 14.3 Å². The molecule has 1 atom stereocenters. The number of aliphatic hydroxyl groups excluding tert-OH is 1. The fraction of sp³-hybridized carbons (Fsp3) is 0.160. The Kier molecular flexibility index (Phi) is 5.29. The Bertz CT molecular complexity index is 1320. The highest BCUT2D eigenvalue weighted by atomic mass is 16.6. The highest BCUT2D eigenvalue weighted by Crippen LogP contribution is 2.43. The number of Topliss-reactive ketones (excluding diaryl/α,β-unsaturated/α-hetero) is 1. The molecule has 0 spiro atoms. The third kappa shape index (κ3) is 3.47. The van der Waals surface area contributed by atoms with Crippen molar-refractivity contribution in [2.45, 2.75) is 6.04 Å². The van der Waals surface area contributed by atoms with E-state index in [1.165, 1.54) is 30.4 Å². The lowest BCUT2D eigenvalue weighted by molar-refractivity contribution is -0.132. The fourth-order valence-electron chi connectivity index (χ4n) is 4.06. The number of nitrogens with zero attached hydrogens (tertiary/aromatic N) is 1. The number of fused-ring (bicyclic) bond motifs is 1. The number of furan rings is 1. The molecule has 1 saturated heterocycles. The molecule has 9 heteroatoms. The van der Waals surface area contributed by atoms with E-state index in [0.717, 1.165) is 0 Å². The molecule has 1 aromatic heterocycles. The maximum absolute atomic E-state index is 13.2. The smallest absolute Gasteiger partial charge is 0.337 e. The third-order valence-corrected chi connectivity index (χ3v) is 5.62. The van der Waals surface area contributed by atoms with E-state index in [2.05, 4.69) is 0 Å². The Labute approximate surface area is 193 Å². The molecular formula is C25H19NO8. The van der Waals surface area contributed by atoms with E-state index in [1.54, 1.807) is 42.5 Å². The number of methoxy groups -OCH3 is 1. The molecule has 9 nitrogen and oxygen atoms in total. The normalized spacial score (nSPS) is 18.7. The molecule has 1 amide bonds. The van der Waals surface area contributed by atoms with Crippen LogP contribution >= 0.6 is 0 Å². The molecule has 2 aliphatic rings. The number of hydrogen-bond donors (Lipinski definition) is 1. The number of ketones is 1. The second-order valence-electron chi connectivity index (χ2n) is 7.58. The standard InChI is InChI=1S/C25H19NO8/c1-31-25(30)15-4-2-5-16(12-15)26-21(18-6-3-9-32-18)20(23(28)24(26)29)22(27)14-7-8-17-19(13-14)34-11-10-33-17/h2-9,12-13,21,27H,10-11H2,1H3/b22-20-. The van der Waals surface area contributed by atoms with Crippen molar-refractivity contribution < 1.29 is 38.1 Å². The van der Waals surface area contributed by atoms with Gasteiger partial charge in [0.2, 0.25) is 0 Å². The summed E-state index contributed by atoms with van der Waals surface area (Å²) in [4.78, 5) is 39.6. The van der Waals surface area contributed by atoms with E-state index in [0.29, 0.717) is 24.7 Å². The van der Waals surface area contributed by atoms with Gasteiger partial charge in [-0.1, -0.05) is 6.07 Å². The molecule has 0 saturated carbocycles. The molecule has 0 radical (unpaired) electrons. The molecule has 0 bridgehead atoms. The van der Waals surface area contributed by atoms with Crippen LogP contribution in [-0.4, -0.2) is 43.1 Å². The summed E-state index contributed by atoms with van der Waals surface area (Å²) in [5.74, 6) is -1.54. The van der Waals surface area contributed by atoms with Crippen molar-refractivity contribution in [3.05, 3.63) is 83.3 Å². The summed E-state index contributed by atoms with van der Waals surface area (Å²) in [6.45, 7) is 0.761. The summed E-state index contributed by atoms with van der Waals surface area (Å²) in [5, 5.41) is 11.2. The molecule has 0 aliphatic carbocycles. The first kappa shape index (κ1) is 21.3. The van der Waals surface area contributed by atoms with Crippen LogP contribution in [0.25, 0.3) is 5.76 Å². The van der Waals surface area contributed by atoms with Gasteiger partial charge in [-0.3, -0.25) is 14.5 Å². The number of hydrogen-bond acceptors (Lipinski definition) is 8. The average Bonchev–Trinajstić information content (AvgIpc) is 3.49. The topological polar surface area (TPSA) is 116 Å². The van der Waals surface area contributed by atoms with Crippen LogP contribution in [0.5, 0.6) is 11.5 Å². The Morgan fingerprint density at radius 2 is 1.79 bits per heavy atom. The maximum Gasteiger partial charge on any atom is 0.337 e. The number of amides is 1. The molecule has 1 fully saturated rings. The minimum atomic E-state index is -1.06. The lowest BCUT2D eigenvalue weighted by Gasteiger charge is -2.24. The van der Waals surface area contributed by atoms with Gasteiger partial charge in [0.05, 0.1) is 24.5 Å². The molecule has 1 unspecified atom stereocenters. The minimum absolute atomic E-state index is 0.153. The van der Waals surface area contributed by atoms with E-state index in [9.17, 15) is 19.5 Å². The number of anilines is 1. The van der Waals surface area contributed by atoms with Gasteiger partial charge in [0.15, 0.2) is 11.5 Å². The third-order valence-electron chi connectivity index (χ3n) is 5.62. The van der Waals surface area contributed by atoms with Crippen LogP contribution in [0.4, 0.5) is 5.69 Å². The monoisotopic (exact) mass is 461 g/mol. The van der Waals surface area contributed by atoms with Gasteiger partial charge in [-0.25, -0.2) is 4.79 Å². The van der Waals surface area contributed by atoms with Crippen molar-refractivity contribution >= 4 is 29.1 Å². The van der Waals surface area contributed by atoms with Gasteiger partial charge in [0, 0.05) is 11.3 Å². The van der Waals surface area contributed by atoms with Gasteiger partial charge in [-0.05, 0) is 48.5 Å². The number of esters is 1. The van der Waals surface area contributed by atoms with E-state index in [-0.39, 0.29) is 33.9 Å². The van der Waals surface area contributed by atoms with Gasteiger partial charge in [0.25, 0.3) is 11.7 Å². The molecule has 5 rings (SSSR count). The second kappa shape index (κ2) is 8.43. The Morgan fingerprint density at radius 3 is 2.53 bits per heavy atom. The molecular weight excluding hydrogens is 442 g/mol. The summed E-state index contributed by atoms with van der Waals surface area (Å²) in [7, 11) is 1.25. The van der Waals surface area contributed by atoms with Crippen molar-refractivity contribution in [3.63, 3.8) is 0 Å². The zero-order chi connectivity index (χ0) is 23.8. The number of carbonyl (C=O) groups excluding carboxylic acids is 3. The summed E-state index contributed by atoms with van der Waals surface area (Å²) < 4.78 is 21.4. The highest BCUT2D eigenvalue weighted by Gasteiger charge is 2.48. The summed E-state index contributed by atoms with van der Waals surface area (Å²) in [6, 6.07) is 13.0. The predicted molar refractivity (Wildman–Crippen MR) is 119 cm³/mol. The van der Waals surface area contributed by atoms with Crippen LogP contribution in [0.15, 0.2) is 70.9 Å². The molecule has 2 aliphatic heterocycles. The molecule has 3 heterocycles. The van der Waals surface area contributed by atoms with Crippen LogP contribution < -0.4 is 14.4 Å². The predicted octanol–water partition coefficient (Wildman–Crippen LogP) is 3.46. The zero-order valence-electron chi connectivity index (χ0n) is 18.0. The minimum Gasteiger partial charge on any atom is -0.507 e. The molecule has 3 aromatic rings. The summed E-state index contributed by atoms with van der Waals surface area (Å²) in [5.41, 5.74) is 0.599. The van der Waals surface area contributed by atoms with Crippen molar-refractivity contribution in [1.82, 2.24) is 0 Å². The second-order valence-corrected chi connectivity index (χ2v) is 7.58. The number of ether oxygens (including phenoxy) is 3. The first-order chi connectivity index (χ1) is 16.5. The van der Waals surface area contributed by atoms with Crippen LogP contribution in [0, 0.1) is 0 Å². The molecule has 1 N–H and O–H groups in total. The van der Waals surface area contributed by atoms with Gasteiger partial charge in [-0.2, -0.15) is 0 Å². The Morgan fingerprint density at radius 1 is 1.00 bits per heavy atom. The largest absolute Gasteiger partial charge is 0.507 e. The lowest BCUT2D eigenvalue weighted by Crippen LogP contribution is -2.29. The molecule has 2 aromatic carbocycles. The average molecular weight is 461 g/mol. The Hall–Kier alpha value is -4.53. The van der Waals surface area contributed by atoms with Gasteiger partial charge in [0.1, 0.15) is 30.8 Å². The van der Waals surface area contributed by atoms with Crippen LogP contribution in [0.3, 0.4) is 0 Å². The zero-order valence-corrected chi connectivity index (χ0v) is 18.0. The van der Waals surface area contributed by atoms with Gasteiger partial charge >= 0.3 is 5.97 Å².